The maximum atomic E-state index is 13.1. The number of aromatic nitrogens is 2. The van der Waals surface area contributed by atoms with Crippen LogP contribution < -0.4 is 5.56 Å². The zero-order chi connectivity index (χ0) is 21.7. The Labute approximate surface area is 181 Å². The van der Waals surface area contributed by atoms with Crippen LogP contribution in [0.4, 0.5) is 0 Å². The number of hydrogen-bond acceptors (Lipinski definition) is 5. The smallest absolute Gasteiger partial charge is 0.262 e. The van der Waals surface area contributed by atoms with Gasteiger partial charge in [-0.05, 0) is 63.4 Å². The molecule has 0 aliphatic rings. The number of Topliss-reactive ketones (excluding diaryl/α,β-unsaturated/α-hetero) is 1. The molecule has 0 aliphatic heterocycles. The molecule has 3 rings (SSSR count). The van der Waals surface area contributed by atoms with Gasteiger partial charge in [-0.2, -0.15) is 0 Å². The summed E-state index contributed by atoms with van der Waals surface area (Å²) in [6.07, 6.45) is 0.709. The molecule has 0 unspecified atom stereocenters. The van der Waals surface area contributed by atoms with Crippen molar-refractivity contribution < 1.29 is 9.53 Å². The summed E-state index contributed by atoms with van der Waals surface area (Å²) >= 11 is 1.34. The van der Waals surface area contributed by atoms with E-state index in [0.717, 1.165) is 11.1 Å². The highest BCUT2D eigenvalue weighted by atomic mass is 32.2. The van der Waals surface area contributed by atoms with Gasteiger partial charge in [-0.1, -0.05) is 36.0 Å². The standard InChI is InChI=1S/C24H28N2O3S/c1-5-29-14-8-13-26-23(28)20-9-6-7-10-21(20)25-24(26)30-18(4)22(27)19-12-11-16(2)17(3)15-19/h6-7,9-12,15,18H,5,8,13-14H2,1-4H3/t18-/m1/s1. The van der Waals surface area contributed by atoms with E-state index >= 15 is 0 Å². The minimum absolute atomic E-state index is 0.0337. The number of aryl methyl sites for hydroxylation is 2. The van der Waals surface area contributed by atoms with Gasteiger partial charge in [0.15, 0.2) is 10.9 Å². The maximum absolute atomic E-state index is 13.1. The Morgan fingerprint density at radius 2 is 1.93 bits per heavy atom. The third-order valence-corrected chi connectivity index (χ3v) is 6.23. The van der Waals surface area contributed by atoms with Gasteiger partial charge in [0, 0.05) is 25.3 Å². The van der Waals surface area contributed by atoms with Crippen LogP contribution in [0.15, 0.2) is 52.4 Å². The van der Waals surface area contributed by atoms with Crippen LogP contribution in [0.3, 0.4) is 0 Å². The summed E-state index contributed by atoms with van der Waals surface area (Å²) in [6, 6.07) is 13.1. The van der Waals surface area contributed by atoms with Crippen LogP contribution in [0.1, 0.15) is 41.8 Å². The van der Waals surface area contributed by atoms with Crippen molar-refractivity contribution in [3.05, 3.63) is 69.5 Å². The molecule has 0 N–H and O–H groups in total. The number of ketones is 1. The van der Waals surface area contributed by atoms with Crippen molar-refractivity contribution in [3.8, 4) is 0 Å². The molecule has 158 valence electrons. The molecule has 30 heavy (non-hydrogen) atoms. The summed E-state index contributed by atoms with van der Waals surface area (Å²) in [5, 5.41) is 0.796. The predicted octanol–water partition coefficient (Wildman–Crippen LogP) is 4.80. The molecule has 0 amide bonds. The molecule has 0 bridgehead atoms. The molecule has 1 aromatic heterocycles. The van der Waals surface area contributed by atoms with Gasteiger partial charge in [-0.25, -0.2) is 4.98 Å². The van der Waals surface area contributed by atoms with Gasteiger partial charge in [-0.3, -0.25) is 14.2 Å². The Kier molecular flexibility index (Phi) is 7.45. The van der Waals surface area contributed by atoms with Crippen LogP contribution in [0.25, 0.3) is 10.9 Å². The van der Waals surface area contributed by atoms with Crippen molar-refractivity contribution in [2.45, 2.75) is 51.1 Å². The summed E-state index contributed by atoms with van der Waals surface area (Å²) in [7, 11) is 0. The number of thioether (sulfide) groups is 1. The Balaban J connectivity index is 1.91. The molecule has 0 saturated heterocycles. The molecule has 0 radical (unpaired) electrons. The Bertz CT molecular complexity index is 1110. The zero-order valence-corrected chi connectivity index (χ0v) is 18.8. The summed E-state index contributed by atoms with van der Waals surface area (Å²) in [5.74, 6) is 0.0337. The lowest BCUT2D eigenvalue weighted by molar-refractivity contribution is 0.0993. The van der Waals surface area contributed by atoms with E-state index in [1.807, 2.05) is 64.1 Å². The van der Waals surface area contributed by atoms with Crippen LogP contribution >= 0.6 is 11.8 Å². The lowest BCUT2D eigenvalue weighted by Gasteiger charge is -2.16. The van der Waals surface area contributed by atoms with Gasteiger partial charge >= 0.3 is 0 Å². The van der Waals surface area contributed by atoms with Gasteiger partial charge < -0.3 is 4.74 Å². The monoisotopic (exact) mass is 424 g/mol. The quantitative estimate of drug-likeness (QED) is 0.214. The topological polar surface area (TPSA) is 61.2 Å². The summed E-state index contributed by atoms with van der Waals surface area (Å²) in [5.41, 5.74) is 3.51. The molecule has 3 aromatic rings. The van der Waals surface area contributed by atoms with Gasteiger partial charge in [-0.15, -0.1) is 0 Å². The minimum atomic E-state index is -0.363. The number of benzene rings is 2. The lowest BCUT2D eigenvalue weighted by atomic mass is 10.0. The molecule has 0 saturated carbocycles. The van der Waals surface area contributed by atoms with Gasteiger partial charge in [0.25, 0.3) is 5.56 Å². The molecular formula is C24H28N2O3S. The van der Waals surface area contributed by atoms with Crippen LogP contribution in [-0.2, 0) is 11.3 Å². The molecule has 1 heterocycles. The summed E-state index contributed by atoms with van der Waals surface area (Å²) < 4.78 is 7.10. The maximum Gasteiger partial charge on any atom is 0.262 e. The molecule has 0 aliphatic carbocycles. The zero-order valence-electron chi connectivity index (χ0n) is 18.0. The summed E-state index contributed by atoms with van der Waals surface area (Å²) in [4.78, 5) is 30.8. The second kappa shape index (κ2) is 10.0. The first-order valence-electron chi connectivity index (χ1n) is 10.3. The second-order valence-corrected chi connectivity index (χ2v) is 8.65. The Morgan fingerprint density at radius 3 is 2.67 bits per heavy atom. The number of rotatable bonds is 9. The van der Waals surface area contributed by atoms with Crippen molar-refractivity contribution >= 4 is 28.4 Å². The van der Waals surface area contributed by atoms with Crippen molar-refractivity contribution in [1.82, 2.24) is 9.55 Å². The van der Waals surface area contributed by atoms with E-state index in [4.69, 9.17) is 9.72 Å². The van der Waals surface area contributed by atoms with Gasteiger partial charge in [0.05, 0.1) is 16.2 Å². The average molecular weight is 425 g/mol. The highest BCUT2D eigenvalue weighted by Gasteiger charge is 2.21. The van der Waals surface area contributed by atoms with Crippen LogP contribution in [0.2, 0.25) is 0 Å². The molecule has 2 aromatic carbocycles. The first-order valence-corrected chi connectivity index (χ1v) is 11.2. The largest absolute Gasteiger partial charge is 0.382 e. The first-order chi connectivity index (χ1) is 14.4. The predicted molar refractivity (Wildman–Crippen MR) is 123 cm³/mol. The van der Waals surface area contributed by atoms with Crippen LogP contribution in [-0.4, -0.2) is 33.8 Å². The SMILES string of the molecule is CCOCCCn1c(S[C@H](C)C(=O)c2ccc(C)c(C)c2)nc2ccccc2c1=O. The second-order valence-electron chi connectivity index (χ2n) is 7.34. The van der Waals surface area contributed by atoms with Crippen LogP contribution in [0.5, 0.6) is 0 Å². The molecule has 1 atom stereocenters. The number of hydrogen-bond donors (Lipinski definition) is 0. The third-order valence-electron chi connectivity index (χ3n) is 5.14. The van der Waals surface area contributed by atoms with E-state index in [2.05, 4.69) is 0 Å². The van der Waals surface area contributed by atoms with Crippen molar-refractivity contribution in [2.24, 2.45) is 0 Å². The van der Waals surface area contributed by atoms with E-state index in [1.54, 1.807) is 10.6 Å². The number of fused-ring (bicyclic) bond motifs is 1. The average Bonchev–Trinajstić information content (AvgIpc) is 2.74. The Hall–Kier alpha value is -2.44. The number of ether oxygens (including phenoxy) is 1. The highest BCUT2D eigenvalue weighted by molar-refractivity contribution is 8.00. The fourth-order valence-corrected chi connectivity index (χ4v) is 4.26. The van der Waals surface area contributed by atoms with Gasteiger partial charge in [0.1, 0.15) is 0 Å². The van der Waals surface area contributed by atoms with Gasteiger partial charge in [0.2, 0.25) is 0 Å². The fourth-order valence-electron chi connectivity index (χ4n) is 3.24. The fraction of sp³-hybridized carbons (Fsp3) is 0.375. The Morgan fingerprint density at radius 1 is 1.17 bits per heavy atom. The third kappa shape index (κ3) is 4.99. The normalized spacial score (nSPS) is 12.3. The van der Waals surface area contributed by atoms with Crippen molar-refractivity contribution in [3.63, 3.8) is 0 Å². The minimum Gasteiger partial charge on any atom is -0.382 e. The number of carbonyl (C=O) groups is 1. The number of nitrogens with zero attached hydrogens (tertiary/aromatic N) is 2. The molecule has 5 nitrogen and oxygen atoms in total. The molecular weight excluding hydrogens is 396 g/mol. The van der Waals surface area contributed by atoms with E-state index in [0.29, 0.717) is 47.8 Å². The first kappa shape index (κ1) is 22.2. The van der Waals surface area contributed by atoms with Crippen molar-refractivity contribution in [1.29, 1.82) is 0 Å². The van der Waals surface area contributed by atoms with E-state index < -0.39 is 0 Å². The number of para-hydroxylation sites is 1. The molecule has 0 spiro atoms. The van der Waals surface area contributed by atoms with E-state index in [1.165, 1.54) is 11.8 Å². The molecule has 6 heteroatoms. The van der Waals surface area contributed by atoms with E-state index in [-0.39, 0.29) is 16.6 Å². The summed E-state index contributed by atoms with van der Waals surface area (Å²) in [6.45, 7) is 9.58. The molecule has 0 fully saturated rings. The number of carbonyl (C=O) groups excluding carboxylic acids is 1. The lowest BCUT2D eigenvalue weighted by Crippen LogP contribution is -2.25. The van der Waals surface area contributed by atoms with E-state index in [9.17, 15) is 9.59 Å². The highest BCUT2D eigenvalue weighted by Crippen LogP contribution is 2.26. The van der Waals surface area contributed by atoms with Crippen LogP contribution in [0, 0.1) is 13.8 Å². The van der Waals surface area contributed by atoms with Crippen molar-refractivity contribution in [2.75, 3.05) is 13.2 Å².